The Labute approximate surface area is 184 Å². The van der Waals surface area contributed by atoms with E-state index in [1.165, 1.54) is 12.1 Å². The van der Waals surface area contributed by atoms with E-state index in [1.54, 1.807) is 24.3 Å². The topological polar surface area (TPSA) is 64.7 Å². The molecule has 0 unspecified atom stereocenters. The zero-order valence-corrected chi connectivity index (χ0v) is 17.5. The lowest BCUT2D eigenvalue weighted by Gasteiger charge is -2.13. The molecule has 2 heterocycles. The molecule has 1 atom stereocenters. The second kappa shape index (κ2) is 7.89. The van der Waals surface area contributed by atoms with Gasteiger partial charge in [-0.05, 0) is 73.0 Å². The highest BCUT2D eigenvalue weighted by atomic mass is 19.1. The molecule has 3 aromatic carbocycles. The first-order valence-electron chi connectivity index (χ1n) is 10.2. The maximum Gasteiger partial charge on any atom is 0.298 e. The van der Waals surface area contributed by atoms with Crippen molar-refractivity contribution in [1.29, 1.82) is 0 Å². The molecular formula is C26H19FN2O3. The number of fused-ring (bicyclic) bond motifs is 3. The summed E-state index contributed by atoms with van der Waals surface area (Å²) in [5.41, 5.74) is 7.14. The Morgan fingerprint density at radius 3 is 2.34 bits per heavy atom. The van der Waals surface area contributed by atoms with Crippen LogP contribution in [-0.4, -0.2) is 17.3 Å². The van der Waals surface area contributed by atoms with E-state index in [0.717, 1.165) is 44.8 Å². The molecule has 1 aliphatic rings. The van der Waals surface area contributed by atoms with Gasteiger partial charge < -0.3 is 9.26 Å². The van der Waals surface area contributed by atoms with Crippen molar-refractivity contribution in [3.8, 4) is 28.0 Å². The van der Waals surface area contributed by atoms with Crippen molar-refractivity contribution in [2.45, 2.75) is 19.9 Å². The van der Waals surface area contributed by atoms with Crippen molar-refractivity contribution in [2.75, 3.05) is 0 Å². The quantitative estimate of drug-likeness (QED) is 0.381. The number of aromatic nitrogens is 1. The van der Waals surface area contributed by atoms with Gasteiger partial charge in [0.05, 0.1) is 17.0 Å². The Morgan fingerprint density at radius 1 is 0.938 bits per heavy atom. The molecule has 0 bridgehead atoms. The number of ether oxygens (including phenoxy) is 1. The van der Waals surface area contributed by atoms with Gasteiger partial charge in [0, 0.05) is 11.1 Å². The normalized spacial score (nSPS) is 14.7. The monoisotopic (exact) mass is 426 g/mol. The van der Waals surface area contributed by atoms with Crippen LogP contribution in [0.5, 0.6) is 5.75 Å². The number of benzene rings is 3. The van der Waals surface area contributed by atoms with Gasteiger partial charge in [0.2, 0.25) is 0 Å². The molecule has 0 saturated heterocycles. The van der Waals surface area contributed by atoms with E-state index in [9.17, 15) is 9.18 Å². The standard InChI is InChI=1S/C26H19FN2O3/c1-15-24-22-12-7-19(17-5-10-21(11-6-17)31-14-30)13-23(22)25(18-3-8-20(27)9-4-18)28-16(2)26(24)32-29-15/h3-14,16H,1-2H3/t16-/m1/s1. The lowest BCUT2D eigenvalue weighted by molar-refractivity contribution is -0.120. The molecule has 1 aliphatic heterocycles. The number of hydrogen-bond acceptors (Lipinski definition) is 5. The summed E-state index contributed by atoms with van der Waals surface area (Å²) >= 11 is 0. The number of aliphatic imine (C=N–C) groups is 1. The number of carbonyl (C=O) groups excluding carboxylic acids is 1. The van der Waals surface area contributed by atoms with Crippen molar-refractivity contribution < 1.29 is 18.4 Å². The molecule has 0 spiro atoms. The first-order chi connectivity index (χ1) is 15.5. The molecule has 0 aliphatic carbocycles. The lowest BCUT2D eigenvalue weighted by Crippen LogP contribution is -2.06. The van der Waals surface area contributed by atoms with Crippen LogP contribution in [0.4, 0.5) is 4.39 Å². The average molecular weight is 426 g/mol. The number of nitrogens with zero attached hydrogens (tertiary/aromatic N) is 2. The first kappa shape index (κ1) is 19.9. The van der Waals surface area contributed by atoms with E-state index in [1.807, 2.05) is 38.1 Å². The molecule has 4 aromatic rings. The highest BCUT2D eigenvalue weighted by molar-refractivity contribution is 6.17. The maximum atomic E-state index is 13.6. The first-order valence-corrected chi connectivity index (χ1v) is 10.2. The summed E-state index contributed by atoms with van der Waals surface area (Å²) in [6.07, 6.45) is 0. The molecule has 0 saturated carbocycles. The highest BCUT2D eigenvalue weighted by Crippen LogP contribution is 2.40. The van der Waals surface area contributed by atoms with Gasteiger partial charge in [-0.25, -0.2) is 4.39 Å². The van der Waals surface area contributed by atoms with E-state index >= 15 is 0 Å². The van der Waals surface area contributed by atoms with Crippen LogP contribution < -0.4 is 4.74 Å². The fourth-order valence-electron chi connectivity index (χ4n) is 4.08. The zero-order valence-electron chi connectivity index (χ0n) is 17.5. The van der Waals surface area contributed by atoms with Gasteiger partial charge in [0.1, 0.15) is 17.6 Å². The number of halogens is 1. The van der Waals surface area contributed by atoms with Crippen molar-refractivity contribution in [1.82, 2.24) is 5.16 Å². The van der Waals surface area contributed by atoms with Gasteiger partial charge in [0.15, 0.2) is 5.76 Å². The second-order valence-electron chi connectivity index (χ2n) is 7.67. The molecule has 158 valence electrons. The smallest absolute Gasteiger partial charge is 0.298 e. The van der Waals surface area contributed by atoms with Gasteiger partial charge >= 0.3 is 0 Å². The molecule has 1 aromatic heterocycles. The molecular weight excluding hydrogens is 407 g/mol. The van der Waals surface area contributed by atoms with Gasteiger partial charge in [0.25, 0.3) is 6.47 Å². The van der Waals surface area contributed by atoms with Crippen LogP contribution in [0.2, 0.25) is 0 Å². The SMILES string of the molecule is Cc1noc2c1-c1ccc(-c3ccc(OC=O)cc3)cc1C(c1ccc(F)cc1)=N[C@@H]2C. The van der Waals surface area contributed by atoms with Crippen LogP contribution in [-0.2, 0) is 4.79 Å². The maximum absolute atomic E-state index is 13.6. The molecule has 0 N–H and O–H groups in total. The van der Waals surface area contributed by atoms with Crippen molar-refractivity contribution in [3.63, 3.8) is 0 Å². The van der Waals surface area contributed by atoms with Crippen LogP contribution in [0, 0.1) is 12.7 Å². The van der Waals surface area contributed by atoms with E-state index in [0.29, 0.717) is 18.0 Å². The molecule has 6 heteroatoms. The van der Waals surface area contributed by atoms with Gasteiger partial charge in [-0.2, -0.15) is 0 Å². The summed E-state index contributed by atoms with van der Waals surface area (Å²) in [6.45, 7) is 4.29. The molecule has 0 amide bonds. The van der Waals surface area contributed by atoms with E-state index < -0.39 is 0 Å². The molecule has 0 radical (unpaired) electrons. The van der Waals surface area contributed by atoms with Crippen LogP contribution >= 0.6 is 0 Å². The van der Waals surface area contributed by atoms with E-state index in [4.69, 9.17) is 14.3 Å². The number of carbonyl (C=O) groups is 1. The molecule has 32 heavy (non-hydrogen) atoms. The lowest BCUT2D eigenvalue weighted by atomic mass is 9.90. The highest BCUT2D eigenvalue weighted by Gasteiger charge is 2.28. The van der Waals surface area contributed by atoms with Gasteiger partial charge in [-0.15, -0.1) is 0 Å². The van der Waals surface area contributed by atoms with Crippen LogP contribution in [0.15, 0.2) is 76.2 Å². The summed E-state index contributed by atoms with van der Waals surface area (Å²) in [5, 5.41) is 4.17. The Bertz CT molecular complexity index is 1340. The second-order valence-corrected chi connectivity index (χ2v) is 7.67. The Kier molecular flexibility index (Phi) is 4.90. The predicted octanol–water partition coefficient (Wildman–Crippen LogP) is 5.90. The van der Waals surface area contributed by atoms with E-state index in [2.05, 4.69) is 11.2 Å². The third-order valence-corrected chi connectivity index (χ3v) is 5.62. The summed E-state index contributed by atoms with van der Waals surface area (Å²) < 4.78 is 24.1. The van der Waals surface area contributed by atoms with Crippen LogP contribution in [0.3, 0.4) is 0 Å². The van der Waals surface area contributed by atoms with Crippen molar-refractivity contribution in [2.24, 2.45) is 4.99 Å². The fourth-order valence-corrected chi connectivity index (χ4v) is 4.08. The minimum absolute atomic E-state index is 0.248. The third-order valence-electron chi connectivity index (χ3n) is 5.62. The summed E-state index contributed by atoms with van der Waals surface area (Å²) in [7, 11) is 0. The van der Waals surface area contributed by atoms with Crippen molar-refractivity contribution >= 4 is 12.2 Å². The number of aryl methyl sites for hydroxylation is 1. The summed E-state index contributed by atoms with van der Waals surface area (Å²) in [5.74, 6) is 0.893. The average Bonchev–Trinajstić information content (AvgIpc) is 3.14. The minimum atomic E-state index is -0.297. The van der Waals surface area contributed by atoms with Gasteiger partial charge in [-0.1, -0.05) is 29.4 Å². The molecule has 5 rings (SSSR count). The Balaban J connectivity index is 1.71. The van der Waals surface area contributed by atoms with E-state index in [-0.39, 0.29) is 11.9 Å². The predicted molar refractivity (Wildman–Crippen MR) is 119 cm³/mol. The summed E-state index contributed by atoms with van der Waals surface area (Å²) in [6, 6.07) is 19.5. The largest absolute Gasteiger partial charge is 0.429 e. The fraction of sp³-hybridized carbons (Fsp3) is 0.115. The number of rotatable bonds is 4. The Morgan fingerprint density at radius 2 is 1.62 bits per heavy atom. The summed E-state index contributed by atoms with van der Waals surface area (Å²) in [4.78, 5) is 15.5. The molecule has 5 nitrogen and oxygen atoms in total. The third kappa shape index (κ3) is 3.39. The number of hydrogen-bond donors (Lipinski definition) is 0. The zero-order chi connectivity index (χ0) is 22.2. The van der Waals surface area contributed by atoms with Crippen LogP contribution in [0.25, 0.3) is 22.3 Å². The molecule has 0 fully saturated rings. The van der Waals surface area contributed by atoms with Crippen molar-refractivity contribution in [3.05, 3.63) is 95.1 Å². The minimum Gasteiger partial charge on any atom is -0.429 e. The van der Waals surface area contributed by atoms with Crippen LogP contribution in [0.1, 0.15) is 35.5 Å². The van der Waals surface area contributed by atoms with Gasteiger partial charge in [-0.3, -0.25) is 9.79 Å². The Hall–Kier alpha value is -4.06.